The fraction of sp³-hybridized carbons (Fsp3) is 0.333. The van der Waals surface area contributed by atoms with E-state index in [2.05, 4.69) is 15.4 Å². The zero-order valence-corrected chi connectivity index (χ0v) is 26.7. The molecule has 0 radical (unpaired) electrons. The van der Waals surface area contributed by atoms with Gasteiger partial charge in [0.15, 0.2) is 0 Å². The summed E-state index contributed by atoms with van der Waals surface area (Å²) in [6.45, 7) is 5.72. The zero-order valence-electron chi connectivity index (χ0n) is 25.0. The summed E-state index contributed by atoms with van der Waals surface area (Å²) in [5, 5.41) is 4.99. The molecule has 44 heavy (non-hydrogen) atoms. The molecular weight excluding hydrogens is 609 g/mol. The molecule has 3 rings (SSSR count). The average molecular weight is 648 g/mol. The Hall–Kier alpha value is -3.74. The van der Waals surface area contributed by atoms with Gasteiger partial charge in [0.05, 0.1) is 23.1 Å². The van der Waals surface area contributed by atoms with Crippen LogP contribution in [0.25, 0.3) is 0 Å². The fourth-order valence-electron chi connectivity index (χ4n) is 3.69. The molecule has 2 amide bonds. The first kappa shape index (κ1) is 34.7. The second-order valence-electron chi connectivity index (χ2n) is 10.1. The van der Waals surface area contributed by atoms with E-state index in [0.717, 1.165) is 5.56 Å². The molecule has 0 saturated carbocycles. The Bertz CT molecular complexity index is 1490. The molecule has 238 valence electrons. The first-order valence-corrected chi connectivity index (χ1v) is 16.9. The van der Waals surface area contributed by atoms with E-state index in [1.54, 1.807) is 64.1 Å². The molecule has 0 aliphatic carbocycles. The molecule has 0 spiro atoms. The molecule has 0 unspecified atom stereocenters. The van der Waals surface area contributed by atoms with Crippen LogP contribution in [0, 0.1) is 0 Å². The number of hydrogen-bond donors (Lipinski definition) is 3. The van der Waals surface area contributed by atoms with Crippen molar-refractivity contribution < 1.29 is 41.1 Å². The first-order chi connectivity index (χ1) is 20.9. The molecule has 12 nitrogen and oxygen atoms in total. The van der Waals surface area contributed by atoms with Crippen LogP contribution in [0.1, 0.15) is 33.3 Å². The molecule has 0 aliphatic rings. The molecule has 3 aromatic carbocycles. The Morgan fingerprint density at radius 3 is 1.89 bits per heavy atom. The van der Waals surface area contributed by atoms with Gasteiger partial charge in [0.25, 0.3) is 0 Å². The van der Waals surface area contributed by atoms with Crippen LogP contribution in [0.15, 0.2) is 89.8 Å². The number of amides is 2. The van der Waals surface area contributed by atoms with Crippen molar-refractivity contribution in [1.82, 2.24) is 15.4 Å². The average Bonchev–Trinajstić information content (AvgIpc) is 2.98. The predicted molar refractivity (Wildman–Crippen MR) is 165 cm³/mol. The summed E-state index contributed by atoms with van der Waals surface area (Å²) < 4.78 is 63.4. The first-order valence-electron chi connectivity index (χ1n) is 13.9. The molecule has 0 aromatic heterocycles. The highest BCUT2D eigenvalue weighted by molar-refractivity contribution is 7.89. The molecule has 3 N–H and O–H groups in total. The molecule has 0 aliphatic heterocycles. The lowest BCUT2D eigenvalue weighted by atomic mass is 10.2. The zero-order chi connectivity index (χ0) is 32.2. The molecule has 14 heteroatoms. The van der Waals surface area contributed by atoms with E-state index in [4.69, 9.17) is 18.5 Å². The van der Waals surface area contributed by atoms with Crippen LogP contribution in [0.4, 0.5) is 9.59 Å². The number of carbonyl (C=O) groups is 2. The van der Waals surface area contributed by atoms with Crippen LogP contribution in [-0.2, 0) is 35.0 Å². The second kappa shape index (κ2) is 16.4. The summed E-state index contributed by atoms with van der Waals surface area (Å²) in [4.78, 5) is 25.5. The van der Waals surface area contributed by atoms with E-state index in [0.29, 0.717) is 11.5 Å². The van der Waals surface area contributed by atoms with Crippen molar-refractivity contribution in [2.45, 2.75) is 57.4 Å². The van der Waals surface area contributed by atoms with Gasteiger partial charge >= 0.3 is 19.3 Å². The van der Waals surface area contributed by atoms with Gasteiger partial charge in [-0.25, -0.2) is 22.5 Å². The van der Waals surface area contributed by atoms with E-state index in [9.17, 15) is 22.6 Å². The molecule has 3 aromatic rings. The minimum Gasteiger partial charge on any atom is -0.457 e. The monoisotopic (exact) mass is 647 g/mol. The van der Waals surface area contributed by atoms with Crippen LogP contribution in [-0.4, -0.2) is 51.5 Å². The smallest absolute Gasteiger partial charge is 0.418 e. The van der Waals surface area contributed by atoms with E-state index in [1.807, 2.05) is 24.3 Å². The Labute approximate surface area is 258 Å². The summed E-state index contributed by atoms with van der Waals surface area (Å²) in [5.74, 6) is 1.04. The molecule has 0 bridgehead atoms. The number of hydrogen-bond acceptors (Lipinski definition) is 9. The highest BCUT2D eigenvalue weighted by atomic mass is 32.2. The number of rotatable bonds is 16. The van der Waals surface area contributed by atoms with Crippen LogP contribution >= 0.6 is 7.60 Å². The van der Waals surface area contributed by atoms with Crippen molar-refractivity contribution in [3.8, 4) is 11.5 Å². The van der Waals surface area contributed by atoms with E-state index < -0.39 is 47.6 Å². The third-order valence-electron chi connectivity index (χ3n) is 5.62. The lowest BCUT2D eigenvalue weighted by Gasteiger charge is -2.24. The Kier molecular flexibility index (Phi) is 12.9. The van der Waals surface area contributed by atoms with Gasteiger partial charge < -0.3 is 20.1 Å². The summed E-state index contributed by atoms with van der Waals surface area (Å²) in [6.07, 6.45) is -2.01. The molecule has 0 fully saturated rings. The molecule has 0 heterocycles. The van der Waals surface area contributed by atoms with Crippen molar-refractivity contribution in [2.24, 2.45) is 0 Å². The highest BCUT2D eigenvalue weighted by Gasteiger charge is 2.37. The van der Waals surface area contributed by atoms with Gasteiger partial charge in [-0.2, -0.15) is 0 Å². The third-order valence-corrected chi connectivity index (χ3v) is 9.11. The summed E-state index contributed by atoms with van der Waals surface area (Å²) in [6, 6.07) is 22.7. The minimum absolute atomic E-state index is 0.0332. The standard InChI is InChI=1S/C30H38N3O9PS/c1-22(2)41-43(36,42-23(3)4)30(35)31-19-25(33-29(34)39-21-24-11-7-5-8-12-24)20-32-44(37,38)28-17-15-27(16-18-28)40-26-13-9-6-10-14-26/h5-18,22-23,25,32H,19-21H2,1-4H3,(H,31,35)(H,33,34)/t25-/m0/s1. The maximum absolute atomic E-state index is 13.2. The molecule has 1 atom stereocenters. The Morgan fingerprint density at radius 1 is 0.773 bits per heavy atom. The normalized spacial score (nSPS) is 12.5. The topological polar surface area (TPSA) is 158 Å². The van der Waals surface area contributed by atoms with Crippen LogP contribution < -0.4 is 20.1 Å². The summed E-state index contributed by atoms with van der Waals surface area (Å²) in [7, 11) is -8.29. The number of para-hydroxylation sites is 1. The number of sulfonamides is 1. The van der Waals surface area contributed by atoms with Crippen LogP contribution in [0.2, 0.25) is 0 Å². The van der Waals surface area contributed by atoms with E-state index >= 15 is 0 Å². The Balaban J connectivity index is 1.69. The third kappa shape index (κ3) is 11.4. The predicted octanol–water partition coefficient (Wildman–Crippen LogP) is 5.80. The van der Waals surface area contributed by atoms with Crippen molar-refractivity contribution in [1.29, 1.82) is 0 Å². The van der Waals surface area contributed by atoms with Crippen molar-refractivity contribution >= 4 is 29.4 Å². The maximum atomic E-state index is 13.2. The lowest BCUT2D eigenvalue weighted by molar-refractivity contribution is 0.135. The largest absolute Gasteiger partial charge is 0.457 e. The van der Waals surface area contributed by atoms with Gasteiger partial charge in [0.2, 0.25) is 10.0 Å². The Morgan fingerprint density at radius 2 is 1.32 bits per heavy atom. The molecule has 0 saturated heterocycles. The number of alkyl carbamates (subject to hydrolysis) is 1. The van der Waals surface area contributed by atoms with Gasteiger partial charge in [0, 0.05) is 13.1 Å². The van der Waals surface area contributed by atoms with Crippen molar-refractivity contribution in [2.75, 3.05) is 13.1 Å². The maximum Gasteiger partial charge on any atom is 0.418 e. The summed E-state index contributed by atoms with van der Waals surface area (Å²) in [5.41, 5.74) is -0.285. The number of benzene rings is 3. The van der Waals surface area contributed by atoms with Gasteiger partial charge in [-0.05, 0) is 69.7 Å². The summed E-state index contributed by atoms with van der Waals surface area (Å²) >= 11 is 0. The molecular formula is C30H38N3O9PS. The lowest BCUT2D eigenvalue weighted by Crippen LogP contribution is -2.50. The van der Waals surface area contributed by atoms with Gasteiger partial charge in [-0.3, -0.25) is 13.8 Å². The quantitative estimate of drug-likeness (QED) is 0.163. The second-order valence-corrected chi connectivity index (χ2v) is 13.7. The fourth-order valence-corrected chi connectivity index (χ4v) is 6.41. The van der Waals surface area contributed by atoms with Crippen LogP contribution in [0.3, 0.4) is 0 Å². The number of carbonyl (C=O) groups excluding carboxylic acids is 2. The van der Waals surface area contributed by atoms with Crippen molar-refractivity contribution in [3.63, 3.8) is 0 Å². The minimum atomic E-state index is -4.24. The van der Waals surface area contributed by atoms with Crippen molar-refractivity contribution in [3.05, 3.63) is 90.5 Å². The van der Waals surface area contributed by atoms with E-state index in [-0.39, 0.29) is 24.6 Å². The van der Waals surface area contributed by atoms with Crippen LogP contribution in [0.5, 0.6) is 11.5 Å². The number of nitrogens with one attached hydrogen (secondary N) is 3. The highest BCUT2D eigenvalue weighted by Crippen LogP contribution is 2.51. The van der Waals surface area contributed by atoms with Gasteiger partial charge in [0.1, 0.15) is 18.1 Å². The SMILES string of the molecule is CC(C)OP(=O)(OC(C)C)C(=O)NC[C@@H](CNS(=O)(=O)c1ccc(Oc2ccccc2)cc1)NC(=O)OCc1ccccc1. The van der Waals surface area contributed by atoms with Gasteiger partial charge in [-0.15, -0.1) is 0 Å². The number of ether oxygens (including phenoxy) is 2. The van der Waals surface area contributed by atoms with Gasteiger partial charge in [-0.1, -0.05) is 48.5 Å². The van der Waals surface area contributed by atoms with E-state index in [1.165, 1.54) is 24.3 Å².